The van der Waals surface area contributed by atoms with Crippen LogP contribution in [0.4, 0.5) is 5.69 Å². The molecule has 6 heteroatoms. The molecular weight excluding hydrogens is 302 g/mol. The van der Waals surface area contributed by atoms with Crippen molar-refractivity contribution in [3.05, 3.63) is 48.8 Å². The van der Waals surface area contributed by atoms with Crippen LogP contribution in [0.15, 0.2) is 48.8 Å². The smallest absolute Gasteiger partial charge is 0.248 e. The lowest BCUT2D eigenvalue weighted by Crippen LogP contribution is -2.55. The van der Waals surface area contributed by atoms with Crippen molar-refractivity contribution in [3.63, 3.8) is 0 Å². The maximum atomic E-state index is 12.9. The third kappa shape index (κ3) is 3.43. The second kappa shape index (κ2) is 7.49. The first-order valence-corrected chi connectivity index (χ1v) is 8.48. The number of rotatable bonds is 6. The molecule has 1 amide bonds. The van der Waals surface area contributed by atoms with E-state index in [1.165, 1.54) is 0 Å². The van der Waals surface area contributed by atoms with E-state index in [0.29, 0.717) is 6.54 Å². The van der Waals surface area contributed by atoms with Crippen molar-refractivity contribution < 1.29 is 4.79 Å². The van der Waals surface area contributed by atoms with Gasteiger partial charge in [0.1, 0.15) is 5.54 Å². The number of benzene rings is 1. The topological polar surface area (TPSA) is 62.2 Å². The van der Waals surface area contributed by atoms with Crippen molar-refractivity contribution in [1.82, 2.24) is 20.4 Å². The molecule has 128 valence electrons. The first kappa shape index (κ1) is 16.5. The van der Waals surface area contributed by atoms with Gasteiger partial charge in [0.05, 0.1) is 0 Å². The highest BCUT2D eigenvalue weighted by Crippen LogP contribution is 2.27. The Labute approximate surface area is 142 Å². The number of anilines is 1. The summed E-state index contributed by atoms with van der Waals surface area (Å²) in [4.78, 5) is 15.1. The van der Waals surface area contributed by atoms with Crippen LogP contribution in [-0.4, -0.2) is 48.9 Å². The zero-order valence-corrected chi connectivity index (χ0v) is 14.1. The first-order valence-electron chi connectivity index (χ1n) is 8.48. The van der Waals surface area contributed by atoms with E-state index in [1.807, 2.05) is 42.2 Å². The fourth-order valence-electron chi connectivity index (χ4n) is 3.24. The molecule has 1 aromatic heterocycles. The van der Waals surface area contributed by atoms with E-state index in [9.17, 15) is 4.79 Å². The SMILES string of the molecule is CN(CCNC(=O)C1(n2cccn2)CCNCC1)c1ccccc1. The number of likely N-dealkylation sites (N-methyl/N-ethyl adjacent to an activating group) is 1. The number of piperidine rings is 1. The van der Waals surface area contributed by atoms with Gasteiger partial charge in [-0.25, -0.2) is 0 Å². The molecule has 2 aromatic rings. The zero-order valence-electron chi connectivity index (χ0n) is 14.1. The average Bonchev–Trinajstić information content (AvgIpc) is 3.18. The summed E-state index contributed by atoms with van der Waals surface area (Å²) in [6.07, 6.45) is 5.14. The second-order valence-electron chi connectivity index (χ2n) is 6.25. The predicted octanol–water partition coefficient (Wildman–Crippen LogP) is 1.21. The normalized spacial score (nSPS) is 16.5. The standard InChI is InChI=1S/C18H25N5O/c1-22(16-6-3-2-4-7-16)15-13-20-17(24)18(8-11-19-12-9-18)23-14-5-10-21-23/h2-7,10,14,19H,8-9,11-13,15H2,1H3,(H,20,24). The van der Waals surface area contributed by atoms with Crippen molar-refractivity contribution >= 4 is 11.6 Å². The van der Waals surface area contributed by atoms with E-state index in [4.69, 9.17) is 0 Å². The molecule has 2 heterocycles. The molecule has 0 atom stereocenters. The van der Waals surface area contributed by atoms with Crippen molar-refractivity contribution in [1.29, 1.82) is 0 Å². The number of carbonyl (C=O) groups is 1. The Bertz CT molecular complexity index is 635. The fraction of sp³-hybridized carbons (Fsp3) is 0.444. The van der Waals surface area contributed by atoms with Crippen molar-refractivity contribution in [2.45, 2.75) is 18.4 Å². The van der Waals surface area contributed by atoms with Gasteiger partial charge in [-0.05, 0) is 44.1 Å². The minimum absolute atomic E-state index is 0.0640. The van der Waals surface area contributed by atoms with Crippen LogP contribution in [0, 0.1) is 0 Å². The van der Waals surface area contributed by atoms with Gasteiger partial charge in [-0.15, -0.1) is 0 Å². The molecule has 0 aliphatic carbocycles. The number of carbonyl (C=O) groups excluding carboxylic acids is 1. The Kier molecular flexibility index (Phi) is 5.15. The van der Waals surface area contributed by atoms with E-state index >= 15 is 0 Å². The lowest BCUT2D eigenvalue weighted by atomic mass is 9.87. The van der Waals surface area contributed by atoms with Gasteiger partial charge in [-0.3, -0.25) is 9.48 Å². The second-order valence-corrected chi connectivity index (χ2v) is 6.25. The van der Waals surface area contributed by atoms with Crippen LogP contribution in [-0.2, 0) is 10.3 Å². The van der Waals surface area contributed by atoms with Crippen LogP contribution in [0.5, 0.6) is 0 Å². The van der Waals surface area contributed by atoms with Gasteiger partial charge in [0.2, 0.25) is 5.91 Å². The van der Waals surface area contributed by atoms with Gasteiger partial charge in [-0.1, -0.05) is 18.2 Å². The predicted molar refractivity (Wildman–Crippen MR) is 95.0 cm³/mol. The molecule has 1 aliphatic rings. The summed E-state index contributed by atoms with van der Waals surface area (Å²) in [5, 5.41) is 10.8. The quantitative estimate of drug-likeness (QED) is 0.837. The van der Waals surface area contributed by atoms with Crippen LogP contribution in [0.1, 0.15) is 12.8 Å². The molecule has 1 aliphatic heterocycles. The Hall–Kier alpha value is -2.34. The number of nitrogens with one attached hydrogen (secondary N) is 2. The molecule has 3 rings (SSSR count). The van der Waals surface area contributed by atoms with E-state index in [2.05, 4.69) is 32.8 Å². The van der Waals surface area contributed by atoms with Gasteiger partial charge in [0.15, 0.2) is 0 Å². The molecule has 0 unspecified atom stereocenters. The van der Waals surface area contributed by atoms with Crippen LogP contribution in [0.3, 0.4) is 0 Å². The highest BCUT2D eigenvalue weighted by atomic mass is 16.2. The number of amides is 1. The molecule has 0 spiro atoms. The molecule has 0 radical (unpaired) electrons. The van der Waals surface area contributed by atoms with Gasteiger partial charge in [0.25, 0.3) is 0 Å². The lowest BCUT2D eigenvalue weighted by molar-refractivity contribution is -0.131. The number of para-hydroxylation sites is 1. The van der Waals surface area contributed by atoms with Gasteiger partial charge in [0, 0.05) is 38.2 Å². The molecule has 0 saturated carbocycles. The molecule has 24 heavy (non-hydrogen) atoms. The summed E-state index contributed by atoms with van der Waals surface area (Å²) in [7, 11) is 2.04. The minimum atomic E-state index is -0.569. The van der Waals surface area contributed by atoms with Crippen LogP contribution < -0.4 is 15.5 Å². The maximum Gasteiger partial charge on any atom is 0.248 e. The molecule has 1 aromatic carbocycles. The van der Waals surface area contributed by atoms with Crippen LogP contribution >= 0.6 is 0 Å². The maximum absolute atomic E-state index is 12.9. The van der Waals surface area contributed by atoms with Crippen LogP contribution in [0.2, 0.25) is 0 Å². The summed E-state index contributed by atoms with van der Waals surface area (Å²) in [5.74, 6) is 0.0640. The molecule has 1 saturated heterocycles. The molecular formula is C18H25N5O. The fourth-order valence-corrected chi connectivity index (χ4v) is 3.24. The summed E-state index contributed by atoms with van der Waals surface area (Å²) < 4.78 is 1.82. The van der Waals surface area contributed by atoms with Crippen molar-refractivity contribution in [3.8, 4) is 0 Å². The Morgan fingerprint density at radius 1 is 1.29 bits per heavy atom. The molecule has 1 fully saturated rings. The Balaban J connectivity index is 1.60. The van der Waals surface area contributed by atoms with Crippen molar-refractivity contribution in [2.24, 2.45) is 0 Å². The van der Waals surface area contributed by atoms with E-state index in [0.717, 1.165) is 38.2 Å². The molecule has 6 nitrogen and oxygen atoms in total. The summed E-state index contributed by atoms with van der Waals surface area (Å²) >= 11 is 0. The largest absolute Gasteiger partial charge is 0.373 e. The first-order chi connectivity index (χ1) is 11.7. The minimum Gasteiger partial charge on any atom is -0.373 e. The van der Waals surface area contributed by atoms with Gasteiger partial charge in [-0.2, -0.15) is 5.10 Å². The van der Waals surface area contributed by atoms with E-state index in [1.54, 1.807) is 6.20 Å². The number of hydrogen-bond acceptors (Lipinski definition) is 4. The third-order valence-electron chi connectivity index (χ3n) is 4.73. The number of hydrogen-bond donors (Lipinski definition) is 2. The van der Waals surface area contributed by atoms with Gasteiger partial charge >= 0.3 is 0 Å². The van der Waals surface area contributed by atoms with Crippen molar-refractivity contribution in [2.75, 3.05) is 38.1 Å². The average molecular weight is 327 g/mol. The lowest BCUT2D eigenvalue weighted by Gasteiger charge is -2.36. The summed E-state index contributed by atoms with van der Waals surface area (Å²) in [6, 6.07) is 12.1. The van der Waals surface area contributed by atoms with E-state index < -0.39 is 5.54 Å². The summed E-state index contributed by atoms with van der Waals surface area (Å²) in [6.45, 7) is 3.04. The zero-order chi connectivity index (χ0) is 16.8. The molecule has 2 N–H and O–H groups in total. The van der Waals surface area contributed by atoms with Gasteiger partial charge < -0.3 is 15.5 Å². The third-order valence-corrected chi connectivity index (χ3v) is 4.73. The van der Waals surface area contributed by atoms with Crippen LogP contribution in [0.25, 0.3) is 0 Å². The number of aromatic nitrogens is 2. The Morgan fingerprint density at radius 2 is 2.04 bits per heavy atom. The highest BCUT2D eigenvalue weighted by molar-refractivity contribution is 5.84. The summed E-state index contributed by atoms with van der Waals surface area (Å²) in [5.41, 5.74) is 0.579. The monoisotopic (exact) mass is 327 g/mol. The highest BCUT2D eigenvalue weighted by Gasteiger charge is 2.41. The number of nitrogens with zero attached hydrogens (tertiary/aromatic N) is 3. The Morgan fingerprint density at radius 3 is 2.71 bits per heavy atom. The molecule has 0 bridgehead atoms. The van der Waals surface area contributed by atoms with E-state index in [-0.39, 0.29) is 5.91 Å².